The maximum Gasteiger partial charge on any atom is 0.132 e. The maximum absolute atomic E-state index is 5.99. The van der Waals surface area contributed by atoms with Gasteiger partial charge in [0.1, 0.15) is 11.5 Å². The van der Waals surface area contributed by atoms with Gasteiger partial charge in [0.15, 0.2) is 0 Å². The van der Waals surface area contributed by atoms with E-state index < -0.39 is 0 Å². The van der Waals surface area contributed by atoms with E-state index in [0.717, 1.165) is 22.6 Å². The first-order valence-electron chi connectivity index (χ1n) is 6.16. The molecular formula is C16H18O3. The van der Waals surface area contributed by atoms with Crippen LogP contribution in [0.4, 0.5) is 0 Å². The second kappa shape index (κ2) is 6.92. The predicted molar refractivity (Wildman–Crippen MR) is 74.4 cm³/mol. The van der Waals surface area contributed by atoms with E-state index in [1.165, 1.54) is 0 Å². The highest BCUT2D eigenvalue weighted by atomic mass is 16.5. The van der Waals surface area contributed by atoms with E-state index in [-0.39, 0.29) is 0 Å². The third-order valence-electron chi connectivity index (χ3n) is 2.76. The van der Waals surface area contributed by atoms with Gasteiger partial charge in [-0.1, -0.05) is 36.4 Å². The van der Waals surface area contributed by atoms with Crippen LogP contribution in [0.1, 0.15) is 11.1 Å². The summed E-state index contributed by atoms with van der Waals surface area (Å²) in [6.45, 7) is 1.06. The molecule has 2 aromatic rings. The molecule has 0 N–H and O–H groups in total. The number of methoxy groups -OCH3 is 2. The second-order valence-corrected chi connectivity index (χ2v) is 4.18. The fourth-order valence-electron chi connectivity index (χ4n) is 1.87. The molecule has 2 rings (SSSR count). The topological polar surface area (TPSA) is 27.7 Å². The summed E-state index contributed by atoms with van der Waals surface area (Å²) in [6, 6.07) is 15.7. The lowest BCUT2D eigenvalue weighted by Crippen LogP contribution is -1.96. The van der Waals surface area contributed by atoms with Gasteiger partial charge in [-0.2, -0.15) is 0 Å². The molecule has 0 heterocycles. The minimum atomic E-state index is 0.530. The summed E-state index contributed by atoms with van der Waals surface area (Å²) < 4.78 is 16.3. The smallest absolute Gasteiger partial charge is 0.132 e. The second-order valence-electron chi connectivity index (χ2n) is 4.18. The highest BCUT2D eigenvalue weighted by Gasteiger charge is 2.07. The number of rotatable bonds is 6. The molecule has 19 heavy (non-hydrogen) atoms. The molecule has 3 heteroatoms. The molecule has 0 bridgehead atoms. The van der Waals surface area contributed by atoms with Gasteiger partial charge in [0.25, 0.3) is 0 Å². The quantitative estimate of drug-likeness (QED) is 0.789. The van der Waals surface area contributed by atoms with E-state index in [4.69, 9.17) is 14.2 Å². The van der Waals surface area contributed by atoms with Gasteiger partial charge in [-0.15, -0.1) is 0 Å². The molecule has 0 aliphatic rings. The summed E-state index contributed by atoms with van der Waals surface area (Å²) in [6.07, 6.45) is 0. The first-order chi connectivity index (χ1) is 9.35. The van der Waals surface area contributed by atoms with Crippen LogP contribution in [0.15, 0.2) is 48.5 Å². The first kappa shape index (κ1) is 13.6. The summed E-state index contributed by atoms with van der Waals surface area (Å²) in [5.74, 6) is 1.63. The first-order valence-corrected chi connectivity index (χ1v) is 6.16. The Morgan fingerprint density at radius 2 is 1.11 bits per heavy atom. The highest BCUT2D eigenvalue weighted by Crippen LogP contribution is 2.28. The van der Waals surface area contributed by atoms with Crippen LogP contribution >= 0.6 is 0 Å². The molecule has 0 saturated heterocycles. The van der Waals surface area contributed by atoms with Crippen molar-refractivity contribution in [3.05, 3.63) is 59.7 Å². The van der Waals surface area contributed by atoms with Gasteiger partial charge in [-0.25, -0.2) is 0 Å². The molecule has 100 valence electrons. The van der Waals surface area contributed by atoms with E-state index in [1.54, 1.807) is 14.2 Å². The third-order valence-corrected chi connectivity index (χ3v) is 2.76. The minimum absolute atomic E-state index is 0.530. The zero-order valence-electron chi connectivity index (χ0n) is 11.3. The summed E-state index contributed by atoms with van der Waals surface area (Å²) >= 11 is 0. The molecule has 0 spiro atoms. The van der Waals surface area contributed by atoms with Crippen LogP contribution in [0.3, 0.4) is 0 Å². The van der Waals surface area contributed by atoms with Crippen molar-refractivity contribution in [1.82, 2.24) is 0 Å². The van der Waals surface area contributed by atoms with Crippen LogP contribution in [0.2, 0.25) is 0 Å². The third kappa shape index (κ3) is 3.56. The minimum Gasteiger partial charge on any atom is -0.457 e. The van der Waals surface area contributed by atoms with Gasteiger partial charge >= 0.3 is 0 Å². The Hall–Kier alpha value is -1.84. The molecular weight excluding hydrogens is 240 g/mol. The highest BCUT2D eigenvalue weighted by molar-refractivity contribution is 5.40. The summed E-state index contributed by atoms with van der Waals surface area (Å²) in [5, 5.41) is 0. The number of hydrogen-bond donors (Lipinski definition) is 0. The fraction of sp³-hybridized carbons (Fsp3) is 0.250. The van der Waals surface area contributed by atoms with Crippen molar-refractivity contribution in [2.24, 2.45) is 0 Å². The van der Waals surface area contributed by atoms with Crippen LogP contribution in [-0.2, 0) is 22.7 Å². The average Bonchev–Trinajstić information content (AvgIpc) is 2.44. The van der Waals surface area contributed by atoms with Crippen LogP contribution < -0.4 is 4.74 Å². The van der Waals surface area contributed by atoms with Gasteiger partial charge in [-0.05, 0) is 12.1 Å². The van der Waals surface area contributed by atoms with Crippen LogP contribution in [0.25, 0.3) is 0 Å². The SMILES string of the molecule is COCc1ccccc1Oc1ccccc1COC. The van der Waals surface area contributed by atoms with E-state index in [0.29, 0.717) is 13.2 Å². The van der Waals surface area contributed by atoms with Gasteiger partial charge in [0.05, 0.1) is 13.2 Å². The zero-order valence-corrected chi connectivity index (χ0v) is 11.3. The van der Waals surface area contributed by atoms with E-state index in [2.05, 4.69) is 0 Å². The molecule has 0 amide bonds. The van der Waals surface area contributed by atoms with Crippen molar-refractivity contribution in [2.75, 3.05) is 14.2 Å². The fourth-order valence-corrected chi connectivity index (χ4v) is 1.87. The van der Waals surface area contributed by atoms with Crippen molar-refractivity contribution in [1.29, 1.82) is 0 Å². The lowest BCUT2D eigenvalue weighted by Gasteiger charge is -2.13. The molecule has 0 aliphatic carbocycles. The molecule has 0 saturated carbocycles. The molecule has 2 aromatic carbocycles. The van der Waals surface area contributed by atoms with E-state index in [1.807, 2.05) is 48.5 Å². The number of hydrogen-bond acceptors (Lipinski definition) is 3. The Balaban J connectivity index is 2.25. The molecule has 0 atom stereocenters. The van der Waals surface area contributed by atoms with Crippen molar-refractivity contribution in [3.8, 4) is 11.5 Å². The Bertz CT molecular complexity index is 475. The molecule has 3 nitrogen and oxygen atoms in total. The normalized spacial score (nSPS) is 10.4. The van der Waals surface area contributed by atoms with Crippen molar-refractivity contribution in [3.63, 3.8) is 0 Å². The summed E-state index contributed by atoms with van der Waals surface area (Å²) in [4.78, 5) is 0. The van der Waals surface area contributed by atoms with Gasteiger partial charge in [0.2, 0.25) is 0 Å². The zero-order chi connectivity index (χ0) is 13.5. The van der Waals surface area contributed by atoms with Crippen molar-refractivity contribution >= 4 is 0 Å². The van der Waals surface area contributed by atoms with Crippen LogP contribution in [-0.4, -0.2) is 14.2 Å². The molecule has 0 fully saturated rings. The summed E-state index contributed by atoms with van der Waals surface area (Å²) in [5.41, 5.74) is 2.05. The van der Waals surface area contributed by atoms with Crippen LogP contribution in [0, 0.1) is 0 Å². The van der Waals surface area contributed by atoms with Crippen molar-refractivity contribution in [2.45, 2.75) is 13.2 Å². The lowest BCUT2D eigenvalue weighted by atomic mass is 10.2. The molecule has 0 aliphatic heterocycles. The van der Waals surface area contributed by atoms with E-state index >= 15 is 0 Å². The molecule has 0 aromatic heterocycles. The lowest BCUT2D eigenvalue weighted by molar-refractivity contribution is 0.179. The predicted octanol–water partition coefficient (Wildman–Crippen LogP) is 3.77. The monoisotopic (exact) mass is 258 g/mol. The molecule has 0 unspecified atom stereocenters. The van der Waals surface area contributed by atoms with Crippen molar-refractivity contribution < 1.29 is 14.2 Å². The summed E-state index contributed by atoms with van der Waals surface area (Å²) in [7, 11) is 3.35. The Labute approximate surface area is 113 Å². The average molecular weight is 258 g/mol. The Morgan fingerprint density at radius 1 is 0.684 bits per heavy atom. The number of benzene rings is 2. The standard InChI is InChI=1S/C16H18O3/c1-17-11-13-7-3-5-9-15(13)19-16-10-6-4-8-14(16)12-18-2/h3-10H,11-12H2,1-2H3. The number of ether oxygens (including phenoxy) is 3. The number of para-hydroxylation sites is 2. The van der Waals surface area contributed by atoms with Crippen LogP contribution in [0.5, 0.6) is 11.5 Å². The largest absolute Gasteiger partial charge is 0.457 e. The Morgan fingerprint density at radius 3 is 1.53 bits per heavy atom. The van der Waals surface area contributed by atoms with E-state index in [9.17, 15) is 0 Å². The maximum atomic E-state index is 5.99. The van der Waals surface area contributed by atoms with Gasteiger partial charge in [-0.3, -0.25) is 0 Å². The van der Waals surface area contributed by atoms with Gasteiger partial charge < -0.3 is 14.2 Å². The molecule has 0 radical (unpaired) electrons. The Kier molecular flexibility index (Phi) is 4.95. The van der Waals surface area contributed by atoms with Gasteiger partial charge in [0, 0.05) is 25.3 Å².